The van der Waals surface area contributed by atoms with Crippen LogP contribution in [0.25, 0.3) is 0 Å². The van der Waals surface area contributed by atoms with Crippen molar-refractivity contribution in [3.8, 4) is 0 Å². The molecule has 0 saturated carbocycles. The van der Waals surface area contributed by atoms with Crippen LogP contribution in [0.15, 0.2) is 48.5 Å². The van der Waals surface area contributed by atoms with Crippen molar-refractivity contribution in [2.45, 2.75) is 5.92 Å². The van der Waals surface area contributed by atoms with E-state index in [-0.39, 0.29) is 11.1 Å². The minimum absolute atomic E-state index is 0.0889. The Kier molecular flexibility index (Phi) is 3.03. The van der Waals surface area contributed by atoms with Crippen LogP contribution in [0.1, 0.15) is 11.1 Å². The fourth-order valence-electron chi connectivity index (χ4n) is 1.52. The number of alkyl halides is 2. The van der Waals surface area contributed by atoms with E-state index in [0.717, 1.165) is 0 Å². The van der Waals surface area contributed by atoms with Crippen molar-refractivity contribution < 1.29 is 8.78 Å². The van der Waals surface area contributed by atoms with E-state index in [9.17, 15) is 8.78 Å². The Morgan fingerprint density at radius 2 is 1.24 bits per heavy atom. The van der Waals surface area contributed by atoms with Gasteiger partial charge in [-0.05, 0) is 24.3 Å². The van der Waals surface area contributed by atoms with E-state index < -0.39 is 5.92 Å². The molecule has 17 heavy (non-hydrogen) atoms. The van der Waals surface area contributed by atoms with E-state index in [1.807, 2.05) is 0 Å². The van der Waals surface area contributed by atoms with Crippen molar-refractivity contribution in [1.29, 1.82) is 0 Å². The highest BCUT2D eigenvalue weighted by molar-refractivity contribution is 6.30. The minimum atomic E-state index is -3.04. The van der Waals surface area contributed by atoms with Crippen molar-refractivity contribution in [1.82, 2.24) is 0 Å². The molecule has 0 saturated heterocycles. The Morgan fingerprint density at radius 3 is 1.71 bits per heavy atom. The van der Waals surface area contributed by atoms with Gasteiger partial charge in [-0.15, -0.1) is 0 Å². The second-order valence-corrected chi connectivity index (χ2v) is 4.14. The highest BCUT2D eigenvalue weighted by Gasteiger charge is 2.33. The quantitative estimate of drug-likeness (QED) is 0.803. The summed E-state index contributed by atoms with van der Waals surface area (Å²) < 4.78 is 28.1. The first-order chi connectivity index (χ1) is 8.00. The maximum Gasteiger partial charge on any atom is 0.298 e. The number of hydrogen-bond donors (Lipinski definition) is 1. The number of benzene rings is 2. The maximum absolute atomic E-state index is 14.1. The summed E-state index contributed by atoms with van der Waals surface area (Å²) in [5.74, 6) is -3.04. The van der Waals surface area contributed by atoms with Crippen molar-refractivity contribution >= 4 is 17.3 Å². The zero-order chi connectivity index (χ0) is 12.5. The summed E-state index contributed by atoms with van der Waals surface area (Å²) in [6.45, 7) is 0. The summed E-state index contributed by atoms with van der Waals surface area (Å²) >= 11 is 5.67. The van der Waals surface area contributed by atoms with Crippen LogP contribution < -0.4 is 5.73 Å². The highest BCUT2D eigenvalue weighted by atomic mass is 35.5. The van der Waals surface area contributed by atoms with Gasteiger partial charge in [0.25, 0.3) is 5.92 Å². The predicted molar refractivity (Wildman–Crippen MR) is 65.3 cm³/mol. The first-order valence-corrected chi connectivity index (χ1v) is 5.38. The molecule has 0 heterocycles. The van der Waals surface area contributed by atoms with Crippen LogP contribution in [-0.4, -0.2) is 0 Å². The summed E-state index contributed by atoms with van der Waals surface area (Å²) in [6.07, 6.45) is 0. The lowest BCUT2D eigenvalue weighted by atomic mass is 10.0. The molecular weight excluding hydrogens is 244 g/mol. The van der Waals surface area contributed by atoms with Crippen LogP contribution in [0.3, 0.4) is 0 Å². The molecule has 2 N–H and O–H groups in total. The van der Waals surface area contributed by atoms with Gasteiger partial charge in [0.2, 0.25) is 0 Å². The van der Waals surface area contributed by atoms with E-state index in [1.54, 1.807) is 0 Å². The van der Waals surface area contributed by atoms with Crippen molar-refractivity contribution in [2.24, 2.45) is 0 Å². The normalized spacial score (nSPS) is 11.5. The average molecular weight is 254 g/mol. The molecule has 0 bridgehead atoms. The standard InChI is InChI=1S/C13H10ClF2N/c14-11-5-1-9(2-6-11)13(15,16)10-3-7-12(17)8-4-10/h1-8H,17H2. The monoisotopic (exact) mass is 253 g/mol. The van der Waals surface area contributed by atoms with Crippen LogP contribution in [0.4, 0.5) is 14.5 Å². The summed E-state index contributed by atoms with van der Waals surface area (Å²) in [4.78, 5) is 0. The third-order valence-corrected chi connectivity index (χ3v) is 2.73. The minimum Gasteiger partial charge on any atom is -0.399 e. The van der Waals surface area contributed by atoms with Gasteiger partial charge in [-0.3, -0.25) is 0 Å². The van der Waals surface area contributed by atoms with E-state index >= 15 is 0 Å². The Bertz CT molecular complexity index is 458. The molecule has 2 aromatic carbocycles. The molecule has 0 atom stereocenters. The topological polar surface area (TPSA) is 26.0 Å². The van der Waals surface area contributed by atoms with Crippen LogP contribution in [0, 0.1) is 0 Å². The summed E-state index contributed by atoms with van der Waals surface area (Å²) in [5, 5.41) is 0.432. The average Bonchev–Trinajstić information content (AvgIpc) is 2.30. The van der Waals surface area contributed by atoms with E-state index in [1.165, 1.54) is 48.5 Å². The fourth-order valence-corrected chi connectivity index (χ4v) is 1.64. The number of nitrogen functional groups attached to an aromatic ring is 1. The molecule has 0 amide bonds. The van der Waals surface area contributed by atoms with Crippen LogP contribution >= 0.6 is 11.6 Å². The molecule has 0 fully saturated rings. The molecule has 1 nitrogen and oxygen atoms in total. The Hall–Kier alpha value is -1.61. The van der Waals surface area contributed by atoms with Gasteiger partial charge < -0.3 is 5.73 Å². The van der Waals surface area contributed by atoms with Crippen molar-refractivity contribution in [3.63, 3.8) is 0 Å². The Labute approximate surface area is 103 Å². The van der Waals surface area contributed by atoms with Gasteiger partial charge in [0.05, 0.1) is 0 Å². The van der Waals surface area contributed by atoms with Crippen molar-refractivity contribution in [2.75, 3.05) is 5.73 Å². The van der Waals surface area contributed by atoms with E-state index in [4.69, 9.17) is 17.3 Å². The van der Waals surface area contributed by atoms with Gasteiger partial charge >= 0.3 is 0 Å². The van der Waals surface area contributed by atoms with Crippen molar-refractivity contribution in [3.05, 3.63) is 64.7 Å². The summed E-state index contributed by atoms with van der Waals surface area (Å²) in [6, 6.07) is 11.1. The second-order valence-electron chi connectivity index (χ2n) is 3.70. The third-order valence-electron chi connectivity index (χ3n) is 2.48. The number of anilines is 1. The zero-order valence-electron chi connectivity index (χ0n) is 8.83. The predicted octanol–water partition coefficient (Wildman–Crippen LogP) is 4.06. The molecule has 0 radical (unpaired) electrons. The van der Waals surface area contributed by atoms with Gasteiger partial charge in [-0.1, -0.05) is 35.9 Å². The zero-order valence-corrected chi connectivity index (χ0v) is 9.59. The SMILES string of the molecule is Nc1ccc(C(F)(F)c2ccc(Cl)cc2)cc1. The first-order valence-electron chi connectivity index (χ1n) is 5.00. The fraction of sp³-hybridized carbons (Fsp3) is 0.0769. The van der Waals surface area contributed by atoms with Gasteiger partial charge in [0.15, 0.2) is 0 Å². The van der Waals surface area contributed by atoms with Crippen LogP contribution in [0.2, 0.25) is 5.02 Å². The second kappa shape index (κ2) is 4.34. The summed E-state index contributed by atoms with van der Waals surface area (Å²) in [5.41, 5.74) is 5.75. The lowest BCUT2D eigenvalue weighted by Gasteiger charge is -2.17. The molecule has 88 valence electrons. The van der Waals surface area contributed by atoms with Gasteiger partial charge in [0, 0.05) is 21.8 Å². The smallest absolute Gasteiger partial charge is 0.298 e. The first kappa shape index (κ1) is 11.9. The Morgan fingerprint density at radius 1 is 0.824 bits per heavy atom. The molecular formula is C13H10ClF2N. The maximum atomic E-state index is 14.1. The molecule has 0 aliphatic rings. The third kappa shape index (κ3) is 2.39. The van der Waals surface area contributed by atoms with E-state index in [2.05, 4.69) is 0 Å². The number of hydrogen-bond acceptors (Lipinski definition) is 1. The largest absolute Gasteiger partial charge is 0.399 e. The highest BCUT2D eigenvalue weighted by Crippen LogP contribution is 2.36. The lowest BCUT2D eigenvalue weighted by molar-refractivity contribution is 0.0429. The summed E-state index contributed by atoms with van der Waals surface area (Å²) in [7, 11) is 0. The van der Waals surface area contributed by atoms with Crippen LogP contribution in [0.5, 0.6) is 0 Å². The molecule has 0 aromatic heterocycles. The van der Waals surface area contributed by atoms with Gasteiger partial charge in [-0.2, -0.15) is 8.78 Å². The molecule has 4 heteroatoms. The van der Waals surface area contributed by atoms with Crippen LogP contribution in [-0.2, 0) is 5.92 Å². The van der Waals surface area contributed by atoms with Gasteiger partial charge in [-0.25, -0.2) is 0 Å². The number of nitrogens with two attached hydrogens (primary N) is 1. The molecule has 0 aliphatic carbocycles. The molecule has 0 unspecified atom stereocenters. The Balaban J connectivity index is 2.41. The van der Waals surface area contributed by atoms with E-state index in [0.29, 0.717) is 10.7 Å². The number of rotatable bonds is 2. The lowest BCUT2D eigenvalue weighted by Crippen LogP contribution is -2.14. The molecule has 2 rings (SSSR count). The molecule has 0 aliphatic heterocycles. The molecule has 2 aromatic rings. The van der Waals surface area contributed by atoms with Gasteiger partial charge in [0.1, 0.15) is 0 Å². The molecule has 0 spiro atoms. The number of halogens is 3.